The van der Waals surface area contributed by atoms with Gasteiger partial charge in [0, 0.05) is 18.8 Å². The van der Waals surface area contributed by atoms with Crippen LogP contribution in [0, 0.1) is 6.92 Å². The van der Waals surface area contributed by atoms with E-state index in [4.69, 9.17) is 0 Å². The Morgan fingerprint density at radius 3 is 2.79 bits per heavy atom. The molecular formula is C12H18N2. The molecule has 1 heterocycles. The van der Waals surface area contributed by atoms with Gasteiger partial charge in [-0.05, 0) is 24.6 Å². The van der Waals surface area contributed by atoms with Gasteiger partial charge in [-0.1, -0.05) is 26.0 Å². The van der Waals surface area contributed by atoms with Gasteiger partial charge in [0.1, 0.15) is 0 Å². The molecule has 0 bridgehead atoms. The smallest absolute Gasteiger partial charge is 0.0627 e. The summed E-state index contributed by atoms with van der Waals surface area (Å²) >= 11 is 0. The molecule has 0 saturated carbocycles. The highest BCUT2D eigenvalue weighted by molar-refractivity contribution is 5.44. The Morgan fingerprint density at radius 1 is 1.43 bits per heavy atom. The third kappa shape index (κ3) is 4.19. The monoisotopic (exact) mass is 190 g/mol. The van der Waals surface area contributed by atoms with Crippen LogP contribution in [0.25, 0.3) is 6.08 Å². The lowest BCUT2D eigenvalue weighted by atomic mass is 10.2. The lowest BCUT2D eigenvalue weighted by Gasteiger charge is -2.03. The number of hydrogen-bond donors (Lipinski definition) is 1. The van der Waals surface area contributed by atoms with Crippen molar-refractivity contribution in [3.05, 3.63) is 35.7 Å². The average molecular weight is 190 g/mol. The molecule has 0 saturated heterocycles. The largest absolute Gasteiger partial charge is 0.311 e. The van der Waals surface area contributed by atoms with Crippen molar-refractivity contribution in [2.45, 2.75) is 26.8 Å². The Labute approximate surface area is 86.1 Å². The van der Waals surface area contributed by atoms with Gasteiger partial charge in [0.2, 0.25) is 0 Å². The SMILES string of the molecule is Cc1ccc(/C=C/CNC(C)C)nc1. The molecule has 0 aliphatic heterocycles. The van der Waals surface area contributed by atoms with Crippen LogP contribution in [0.5, 0.6) is 0 Å². The number of hydrogen-bond acceptors (Lipinski definition) is 2. The predicted octanol–water partition coefficient (Wildman–Crippen LogP) is 2.40. The fourth-order valence-corrected chi connectivity index (χ4v) is 1.06. The van der Waals surface area contributed by atoms with Gasteiger partial charge >= 0.3 is 0 Å². The van der Waals surface area contributed by atoms with E-state index in [0.29, 0.717) is 6.04 Å². The molecule has 0 fully saturated rings. The lowest BCUT2D eigenvalue weighted by Crippen LogP contribution is -2.22. The molecular weight excluding hydrogens is 172 g/mol. The Hall–Kier alpha value is -1.15. The molecule has 1 aromatic rings. The van der Waals surface area contributed by atoms with E-state index < -0.39 is 0 Å². The summed E-state index contributed by atoms with van der Waals surface area (Å²) < 4.78 is 0. The molecule has 0 aliphatic rings. The highest BCUT2D eigenvalue weighted by atomic mass is 14.9. The summed E-state index contributed by atoms with van der Waals surface area (Å²) in [6, 6.07) is 4.63. The molecule has 0 radical (unpaired) electrons. The lowest BCUT2D eigenvalue weighted by molar-refractivity contribution is 0.633. The minimum Gasteiger partial charge on any atom is -0.311 e. The topological polar surface area (TPSA) is 24.9 Å². The van der Waals surface area contributed by atoms with E-state index in [9.17, 15) is 0 Å². The molecule has 1 aromatic heterocycles. The summed E-state index contributed by atoms with van der Waals surface area (Å²) in [7, 11) is 0. The molecule has 14 heavy (non-hydrogen) atoms. The van der Waals surface area contributed by atoms with Crippen LogP contribution in [-0.2, 0) is 0 Å². The number of pyridine rings is 1. The normalized spacial score (nSPS) is 11.4. The zero-order valence-electron chi connectivity index (χ0n) is 9.12. The minimum absolute atomic E-state index is 0.533. The quantitative estimate of drug-likeness (QED) is 0.788. The Bertz CT molecular complexity index is 286. The van der Waals surface area contributed by atoms with Crippen molar-refractivity contribution < 1.29 is 0 Å². The van der Waals surface area contributed by atoms with E-state index in [0.717, 1.165) is 12.2 Å². The number of rotatable bonds is 4. The zero-order chi connectivity index (χ0) is 10.4. The second kappa shape index (κ2) is 5.55. The first-order valence-electron chi connectivity index (χ1n) is 5.01. The number of nitrogens with one attached hydrogen (secondary N) is 1. The van der Waals surface area contributed by atoms with Crippen LogP contribution in [0.1, 0.15) is 25.1 Å². The average Bonchev–Trinajstić information content (AvgIpc) is 2.15. The van der Waals surface area contributed by atoms with Crippen molar-refractivity contribution in [3.63, 3.8) is 0 Å². The first-order valence-corrected chi connectivity index (χ1v) is 5.01. The van der Waals surface area contributed by atoms with Gasteiger partial charge in [0.05, 0.1) is 5.69 Å². The van der Waals surface area contributed by atoms with Crippen molar-refractivity contribution in [2.24, 2.45) is 0 Å². The number of aryl methyl sites for hydroxylation is 1. The molecule has 0 unspecified atom stereocenters. The second-order valence-corrected chi connectivity index (χ2v) is 3.73. The van der Waals surface area contributed by atoms with Crippen LogP contribution >= 0.6 is 0 Å². The maximum Gasteiger partial charge on any atom is 0.0627 e. The Morgan fingerprint density at radius 2 is 2.21 bits per heavy atom. The van der Waals surface area contributed by atoms with Crippen LogP contribution < -0.4 is 5.32 Å². The summed E-state index contributed by atoms with van der Waals surface area (Å²) in [5.74, 6) is 0. The van der Waals surface area contributed by atoms with Gasteiger partial charge in [0.15, 0.2) is 0 Å². The van der Waals surface area contributed by atoms with Crippen LogP contribution in [0.15, 0.2) is 24.4 Å². The first-order chi connectivity index (χ1) is 6.68. The van der Waals surface area contributed by atoms with Crippen molar-refractivity contribution in [2.75, 3.05) is 6.54 Å². The zero-order valence-corrected chi connectivity index (χ0v) is 9.12. The Kier molecular flexibility index (Phi) is 4.33. The van der Waals surface area contributed by atoms with Gasteiger partial charge in [-0.3, -0.25) is 4.98 Å². The van der Waals surface area contributed by atoms with Gasteiger partial charge in [0.25, 0.3) is 0 Å². The third-order valence-corrected chi connectivity index (χ3v) is 1.87. The first kappa shape index (κ1) is 10.9. The highest BCUT2D eigenvalue weighted by Gasteiger charge is 1.89. The van der Waals surface area contributed by atoms with Gasteiger partial charge in [-0.2, -0.15) is 0 Å². The standard InChI is InChI=1S/C12H18N2/c1-10(2)13-8-4-5-12-7-6-11(3)9-14-12/h4-7,9-10,13H,8H2,1-3H3/b5-4+. The summed E-state index contributed by atoms with van der Waals surface area (Å²) in [5.41, 5.74) is 2.21. The van der Waals surface area contributed by atoms with E-state index in [-0.39, 0.29) is 0 Å². The van der Waals surface area contributed by atoms with Crippen molar-refractivity contribution in [1.29, 1.82) is 0 Å². The summed E-state index contributed by atoms with van der Waals surface area (Å²) in [6.45, 7) is 7.21. The van der Waals surface area contributed by atoms with Crippen LogP contribution in [0.4, 0.5) is 0 Å². The molecule has 0 aliphatic carbocycles. The molecule has 0 atom stereocenters. The molecule has 1 rings (SSSR count). The van der Waals surface area contributed by atoms with Crippen molar-refractivity contribution >= 4 is 6.08 Å². The maximum atomic E-state index is 4.28. The van der Waals surface area contributed by atoms with E-state index >= 15 is 0 Å². The molecule has 2 nitrogen and oxygen atoms in total. The second-order valence-electron chi connectivity index (χ2n) is 3.73. The van der Waals surface area contributed by atoms with Crippen LogP contribution in [0.3, 0.4) is 0 Å². The predicted molar refractivity (Wildman–Crippen MR) is 61.1 cm³/mol. The van der Waals surface area contributed by atoms with Crippen LogP contribution in [0.2, 0.25) is 0 Å². The molecule has 76 valence electrons. The van der Waals surface area contributed by atoms with E-state index in [1.165, 1.54) is 5.56 Å². The molecule has 1 N–H and O–H groups in total. The van der Waals surface area contributed by atoms with Gasteiger partial charge in [-0.15, -0.1) is 0 Å². The molecule has 0 amide bonds. The summed E-state index contributed by atoms with van der Waals surface area (Å²) in [5, 5.41) is 3.31. The molecule has 0 aromatic carbocycles. The van der Waals surface area contributed by atoms with Gasteiger partial charge in [-0.25, -0.2) is 0 Å². The Balaban J connectivity index is 2.40. The van der Waals surface area contributed by atoms with Gasteiger partial charge < -0.3 is 5.32 Å². The van der Waals surface area contributed by atoms with Crippen molar-refractivity contribution in [3.8, 4) is 0 Å². The number of aromatic nitrogens is 1. The third-order valence-electron chi connectivity index (χ3n) is 1.87. The fourth-order valence-electron chi connectivity index (χ4n) is 1.06. The fraction of sp³-hybridized carbons (Fsp3) is 0.417. The van der Waals surface area contributed by atoms with Crippen LogP contribution in [-0.4, -0.2) is 17.6 Å². The summed E-state index contributed by atoms with van der Waals surface area (Å²) in [4.78, 5) is 4.28. The highest BCUT2D eigenvalue weighted by Crippen LogP contribution is 1.99. The maximum absolute atomic E-state index is 4.28. The van der Waals surface area contributed by atoms with E-state index in [1.807, 2.05) is 25.3 Å². The van der Waals surface area contributed by atoms with Crippen molar-refractivity contribution in [1.82, 2.24) is 10.3 Å². The molecule has 2 heteroatoms. The van der Waals surface area contributed by atoms with E-state index in [2.05, 4.69) is 36.3 Å². The molecule has 0 spiro atoms. The van der Waals surface area contributed by atoms with E-state index in [1.54, 1.807) is 0 Å². The number of nitrogens with zero attached hydrogens (tertiary/aromatic N) is 1. The minimum atomic E-state index is 0.533. The summed E-state index contributed by atoms with van der Waals surface area (Å²) in [6.07, 6.45) is 6.02.